The number of carbonyl (C=O) groups excluding carboxylic acids is 1. The highest BCUT2D eigenvalue weighted by molar-refractivity contribution is 5.89. The molecule has 2 amide bonds. The van der Waals surface area contributed by atoms with Gasteiger partial charge in [0, 0.05) is 12.0 Å². The minimum absolute atomic E-state index is 0.0647. The van der Waals surface area contributed by atoms with Crippen LogP contribution in [0.4, 0.5) is 10.5 Å². The molecule has 1 aliphatic carbocycles. The van der Waals surface area contributed by atoms with Gasteiger partial charge in [0.05, 0.1) is 18.1 Å². The fourth-order valence-corrected chi connectivity index (χ4v) is 2.86. The number of nitrogens with one attached hydrogen (secondary N) is 2. The molecule has 5 heteroatoms. The van der Waals surface area contributed by atoms with Crippen molar-refractivity contribution in [2.45, 2.75) is 25.8 Å². The van der Waals surface area contributed by atoms with Crippen molar-refractivity contribution in [2.24, 2.45) is 5.41 Å². The summed E-state index contributed by atoms with van der Waals surface area (Å²) in [6.07, 6.45) is 3.07. The first-order chi connectivity index (χ1) is 10.1. The molecule has 1 aromatic heterocycles. The van der Waals surface area contributed by atoms with Gasteiger partial charge >= 0.3 is 6.03 Å². The number of hydrogen-bond acceptors (Lipinski definition) is 3. The van der Waals surface area contributed by atoms with Gasteiger partial charge in [-0.15, -0.1) is 0 Å². The number of hydrogen-bond donors (Lipinski definition) is 2. The number of benzene rings is 1. The number of amides is 2. The minimum atomic E-state index is -0.209. The molecule has 1 saturated carbocycles. The zero-order chi connectivity index (χ0) is 14.9. The van der Waals surface area contributed by atoms with Crippen LogP contribution in [-0.2, 0) is 0 Å². The molecule has 1 aliphatic rings. The highest BCUT2D eigenvalue weighted by Gasteiger charge is 2.59. The number of urea groups is 1. The molecule has 108 valence electrons. The summed E-state index contributed by atoms with van der Waals surface area (Å²) in [5.74, 6) is 0.347. The lowest BCUT2D eigenvalue weighted by Gasteiger charge is -2.07. The maximum atomic E-state index is 12.1. The molecular formula is C16H18N4O. The Labute approximate surface area is 123 Å². The van der Waals surface area contributed by atoms with E-state index in [9.17, 15) is 4.79 Å². The summed E-state index contributed by atoms with van der Waals surface area (Å²) in [5, 5.41) is 13.2. The van der Waals surface area contributed by atoms with Crippen molar-refractivity contribution in [3.05, 3.63) is 54.4 Å². The Hall–Kier alpha value is -2.43. The fourth-order valence-electron chi connectivity index (χ4n) is 2.86. The third kappa shape index (κ3) is 2.72. The Morgan fingerprint density at radius 1 is 1.14 bits per heavy atom. The smallest absolute Gasteiger partial charge is 0.319 e. The Bertz CT molecular complexity index is 627. The van der Waals surface area contributed by atoms with Gasteiger partial charge in [-0.1, -0.05) is 44.2 Å². The molecule has 0 unspecified atom stereocenters. The molecule has 1 heterocycles. The summed E-state index contributed by atoms with van der Waals surface area (Å²) < 4.78 is 0. The first-order valence-electron chi connectivity index (χ1n) is 6.98. The van der Waals surface area contributed by atoms with Crippen LogP contribution in [0.3, 0.4) is 0 Å². The molecule has 2 atom stereocenters. The zero-order valence-corrected chi connectivity index (χ0v) is 12.1. The SMILES string of the molecule is CC1(C)[C@@H](NC(=O)Nc2ccnnc2)[C@@H]1c1ccccc1. The van der Waals surface area contributed by atoms with Crippen LogP contribution in [0.2, 0.25) is 0 Å². The second-order valence-corrected chi connectivity index (χ2v) is 5.92. The van der Waals surface area contributed by atoms with Crippen molar-refractivity contribution >= 4 is 11.7 Å². The molecule has 1 fully saturated rings. The summed E-state index contributed by atoms with van der Waals surface area (Å²) >= 11 is 0. The Morgan fingerprint density at radius 2 is 1.90 bits per heavy atom. The summed E-state index contributed by atoms with van der Waals surface area (Å²) in [7, 11) is 0. The van der Waals surface area contributed by atoms with E-state index in [1.54, 1.807) is 12.3 Å². The van der Waals surface area contributed by atoms with Crippen molar-refractivity contribution in [1.82, 2.24) is 15.5 Å². The van der Waals surface area contributed by atoms with Crippen molar-refractivity contribution in [1.29, 1.82) is 0 Å². The monoisotopic (exact) mass is 282 g/mol. The van der Waals surface area contributed by atoms with Crippen molar-refractivity contribution in [3.8, 4) is 0 Å². The normalized spacial score (nSPS) is 22.4. The zero-order valence-electron chi connectivity index (χ0n) is 12.1. The quantitative estimate of drug-likeness (QED) is 0.909. The average molecular weight is 282 g/mol. The van der Waals surface area contributed by atoms with Crippen LogP contribution in [0, 0.1) is 5.41 Å². The lowest BCUT2D eigenvalue weighted by molar-refractivity contribution is 0.250. The van der Waals surface area contributed by atoms with E-state index in [0.717, 1.165) is 0 Å². The van der Waals surface area contributed by atoms with Crippen LogP contribution in [-0.4, -0.2) is 22.3 Å². The minimum Gasteiger partial charge on any atom is -0.334 e. The predicted octanol–water partition coefficient (Wildman–Crippen LogP) is 2.79. The molecule has 0 saturated heterocycles. The Kier molecular flexibility index (Phi) is 3.33. The van der Waals surface area contributed by atoms with Gasteiger partial charge in [0.2, 0.25) is 0 Å². The molecular weight excluding hydrogens is 264 g/mol. The summed E-state index contributed by atoms with van der Waals surface area (Å²) in [6.45, 7) is 4.34. The van der Waals surface area contributed by atoms with E-state index in [4.69, 9.17) is 0 Å². The van der Waals surface area contributed by atoms with Gasteiger partial charge in [-0.2, -0.15) is 10.2 Å². The highest BCUT2D eigenvalue weighted by Crippen LogP contribution is 2.58. The van der Waals surface area contributed by atoms with Crippen LogP contribution in [0.5, 0.6) is 0 Å². The van der Waals surface area contributed by atoms with Gasteiger partial charge < -0.3 is 10.6 Å². The standard InChI is InChI=1S/C16H18N4O/c1-16(2)13(11-6-4-3-5-7-11)14(16)20-15(21)19-12-8-9-17-18-10-12/h3-10,13-14H,1-2H3,(H2,17,19,20,21)/t13-,14-/m0/s1. The van der Waals surface area contributed by atoms with Crippen LogP contribution in [0.1, 0.15) is 25.3 Å². The molecule has 5 nitrogen and oxygen atoms in total. The van der Waals surface area contributed by atoms with Gasteiger partial charge in [-0.3, -0.25) is 0 Å². The molecule has 2 N–H and O–H groups in total. The molecule has 0 radical (unpaired) electrons. The van der Waals surface area contributed by atoms with E-state index in [-0.39, 0.29) is 17.5 Å². The van der Waals surface area contributed by atoms with E-state index >= 15 is 0 Å². The average Bonchev–Trinajstić information content (AvgIpc) is 3.01. The third-order valence-corrected chi connectivity index (χ3v) is 4.11. The number of aromatic nitrogens is 2. The first-order valence-corrected chi connectivity index (χ1v) is 6.98. The van der Waals surface area contributed by atoms with Gasteiger partial charge in [0.1, 0.15) is 0 Å². The summed E-state index contributed by atoms with van der Waals surface area (Å²) in [6, 6.07) is 11.9. The van der Waals surface area contributed by atoms with Crippen molar-refractivity contribution < 1.29 is 4.79 Å². The second-order valence-electron chi connectivity index (χ2n) is 5.92. The lowest BCUT2D eigenvalue weighted by atomic mass is 10.0. The van der Waals surface area contributed by atoms with E-state index in [1.807, 2.05) is 18.2 Å². The van der Waals surface area contributed by atoms with E-state index in [2.05, 4.69) is 46.8 Å². The van der Waals surface area contributed by atoms with Gasteiger partial charge in [0.15, 0.2) is 0 Å². The second kappa shape index (κ2) is 5.16. The molecule has 21 heavy (non-hydrogen) atoms. The molecule has 3 rings (SSSR count). The van der Waals surface area contributed by atoms with Crippen LogP contribution in [0.15, 0.2) is 48.8 Å². The van der Waals surface area contributed by atoms with Gasteiger partial charge in [-0.05, 0) is 17.0 Å². The third-order valence-electron chi connectivity index (χ3n) is 4.11. The van der Waals surface area contributed by atoms with E-state index < -0.39 is 0 Å². The molecule has 0 spiro atoms. The number of anilines is 1. The molecule has 0 bridgehead atoms. The predicted molar refractivity (Wildman–Crippen MR) is 80.9 cm³/mol. The molecule has 1 aromatic carbocycles. The van der Waals surface area contributed by atoms with Crippen LogP contribution < -0.4 is 10.6 Å². The Morgan fingerprint density at radius 3 is 2.57 bits per heavy atom. The Balaban J connectivity index is 1.64. The molecule has 2 aromatic rings. The largest absolute Gasteiger partial charge is 0.334 e. The topological polar surface area (TPSA) is 66.9 Å². The van der Waals surface area contributed by atoms with Gasteiger partial charge in [0.25, 0.3) is 0 Å². The van der Waals surface area contributed by atoms with Crippen LogP contribution >= 0.6 is 0 Å². The number of nitrogens with zero attached hydrogens (tertiary/aromatic N) is 2. The number of rotatable bonds is 3. The fraction of sp³-hybridized carbons (Fsp3) is 0.312. The van der Waals surface area contributed by atoms with Gasteiger partial charge in [-0.25, -0.2) is 4.79 Å². The first kappa shape index (κ1) is 13.5. The maximum Gasteiger partial charge on any atom is 0.319 e. The van der Waals surface area contributed by atoms with Crippen molar-refractivity contribution in [3.63, 3.8) is 0 Å². The van der Waals surface area contributed by atoms with Crippen LogP contribution in [0.25, 0.3) is 0 Å². The highest BCUT2D eigenvalue weighted by atomic mass is 16.2. The summed E-state index contributed by atoms with van der Waals surface area (Å²) in [4.78, 5) is 12.1. The van der Waals surface area contributed by atoms with E-state index in [0.29, 0.717) is 11.6 Å². The molecule has 0 aliphatic heterocycles. The lowest BCUT2D eigenvalue weighted by Crippen LogP contribution is -2.33. The van der Waals surface area contributed by atoms with Crippen molar-refractivity contribution in [2.75, 3.05) is 5.32 Å². The van der Waals surface area contributed by atoms with E-state index in [1.165, 1.54) is 11.8 Å². The summed E-state index contributed by atoms with van der Waals surface area (Å²) in [5.41, 5.74) is 1.96. The maximum absolute atomic E-state index is 12.1. The number of carbonyl (C=O) groups is 1.